The van der Waals surface area contributed by atoms with Gasteiger partial charge >= 0.3 is 0 Å². The van der Waals surface area contributed by atoms with Crippen molar-refractivity contribution in [3.05, 3.63) is 41.2 Å². The fourth-order valence-electron chi connectivity index (χ4n) is 2.39. The Hall–Kier alpha value is -1.59. The van der Waals surface area contributed by atoms with Gasteiger partial charge in [-0.05, 0) is 18.2 Å². The van der Waals surface area contributed by atoms with Gasteiger partial charge in [-0.3, -0.25) is 4.68 Å². The van der Waals surface area contributed by atoms with Crippen molar-refractivity contribution in [1.29, 1.82) is 0 Å². The van der Waals surface area contributed by atoms with Crippen LogP contribution < -0.4 is 0 Å². The van der Waals surface area contributed by atoms with E-state index in [2.05, 4.69) is 19.6 Å². The van der Waals surface area contributed by atoms with E-state index in [4.69, 9.17) is 23.2 Å². The molecule has 0 saturated carbocycles. The second-order valence-electron chi connectivity index (χ2n) is 4.84. The molecule has 110 valence electrons. The van der Waals surface area contributed by atoms with E-state index in [0.717, 1.165) is 42.1 Å². The van der Waals surface area contributed by atoms with Gasteiger partial charge in [0.05, 0.1) is 11.0 Å². The monoisotopic (exact) mass is 323 g/mol. The van der Waals surface area contributed by atoms with Crippen LogP contribution in [-0.4, -0.2) is 30.2 Å². The first-order valence-corrected chi connectivity index (χ1v) is 7.64. The minimum Gasteiger partial charge on any atom is -0.327 e. The Balaban J connectivity index is 1.92. The fraction of sp³-hybridized carbons (Fsp3) is 0.357. The average molecular weight is 324 g/mol. The first-order valence-electron chi connectivity index (χ1n) is 6.72. The SMILES string of the molecule is Cn1cnc(CCn2c(CCCl)nc3cc(Cl)ccc32)n1. The molecule has 0 spiro atoms. The number of fused-ring (bicyclic) bond motifs is 1. The van der Waals surface area contributed by atoms with Crippen LogP contribution in [0.15, 0.2) is 24.5 Å². The number of alkyl halides is 1. The number of aromatic nitrogens is 5. The molecule has 7 heteroatoms. The lowest BCUT2D eigenvalue weighted by atomic mass is 10.3. The Morgan fingerprint density at radius 3 is 2.81 bits per heavy atom. The summed E-state index contributed by atoms with van der Waals surface area (Å²) in [6, 6.07) is 5.75. The van der Waals surface area contributed by atoms with Crippen molar-refractivity contribution in [2.45, 2.75) is 19.4 Å². The van der Waals surface area contributed by atoms with E-state index < -0.39 is 0 Å². The summed E-state index contributed by atoms with van der Waals surface area (Å²) >= 11 is 11.9. The molecule has 0 amide bonds. The van der Waals surface area contributed by atoms with E-state index in [1.807, 2.05) is 25.2 Å². The van der Waals surface area contributed by atoms with Gasteiger partial charge in [-0.2, -0.15) is 5.10 Å². The Labute approximate surface area is 132 Å². The van der Waals surface area contributed by atoms with Crippen molar-refractivity contribution in [3.8, 4) is 0 Å². The molecule has 21 heavy (non-hydrogen) atoms. The Bertz CT molecular complexity index is 762. The van der Waals surface area contributed by atoms with Crippen LogP contribution in [0.1, 0.15) is 11.6 Å². The molecule has 0 aliphatic carbocycles. The first-order chi connectivity index (χ1) is 10.2. The maximum absolute atomic E-state index is 6.03. The number of benzene rings is 1. The summed E-state index contributed by atoms with van der Waals surface area (Å²) < 4.78 is 3.88. The summed E-state index contributed by atoms with van der Waals surface area (Å²) in [7, 11) is 1.87. The fourth-order valence-corrected chi connectivity index (χ4v) is 2.72. The van der Waals surface area contributed by atoms with Gasteiger partial charge in [0.25, 0.3) is 0 Å². The molecule has 0 radical (unpaired) electrons. The number of imidazole rings is 1. The van der Waals surface area contributed by atoms with Crippen LogP contribution in [0, 0.1) is 0 Å². The number of hydrogen-bond acceptors (Lipinski definition) is 3. The Morgan fingerprint density at radius 2 is 2.10 bits per heavy atom. The molecule has 0 atom stereocenters. The van der Waals surface area contributed by atoms with E-state index in [0.29, 0.717) is 10.9 Å². The molecule has 5 nitrogen and oxygen atoms in total. The lowest BCUT2D eigenvalue weighted by molar-refractivity contribution is 0.646. The van der Waals surface area contributed by atoms with E-state index in [-0.39, 0.29) is 0 Å². The molecule has 0 N–H and O–H groups in total. The van der Waals surface area contributed by atoms with Crippen molar-refractivity contribution < 1.29 is 0 Å². The average Bonchev–Trinajstić information content (AvgIpc) is 3.00. The highest BCUT2D eigenvalue weighted by Crippen LogP contribution is 2.21. The van der Waals surface area contributed by atoms with Gasteiger partial charge in [-0.1, -0.05) is 11.6 Å². The second kappa shape index (κ2) is 6.03. The summed E-state index contributed by atoms with van der Waals surface area (Å²) in [5.41, 5.74) is 1.96. The molecule has 0 bridgehead atoms. The van der Waals surface area contributed by atoms with Crippen LogP contribution in [0.3, 0.4) is 0 Å². The third kappa shape index (κ3) is 3.04. The smallest absolute Gasteiger partial charge is 0.152 e. The molecule has 0 saturated heterocycles. The predicted molar refractivity (Wildman–Crippen MR) is 83.9 cm³/mol. The normalized spacial score (nSPS) is 11.4. The highest BCUT2D eigenvalue weighted by atomic mass is 35.5. The van der Waals surface area contributed by atoms with Crippen molar-refractivity contribution in [3.63, 3.8) is 0 Å². The van der Waals surface area contributed by atoms with Gasteiger partial charge in [-0.25, -0.2) is 9.97 Å². The van der Waals surface area contributed by atoms with Crippen LogP contribution in [0.2, 0.25) is 5.02 Å². The third-order valence-electron chi connectivity index (χ3n) is 3.31. The van der Waals surface area contributed by atoms with Gasteiger partial charge in [-0.15, -0.1) is 11.6 Å². The van der Waals surface area contributed by atoms with Crippen LogP contribution in [0.4, 0.5) is 0 Å². The molecule has 0 aliphatic heterocycles. The van der Waals surface area contributed by atoms with E-state index >= 15 is 0 Å². The molecule has 0 fully saturated rings. The van der Waals surface area contributed by atoms with Gasteiger partial charge in [0.15, 0.2) is 5.82 Å². The number of nitrogens with zero attached hydrogens (tertiary/aromatic N) is 5. The summed E-state index contributed by atoms with van der Waals surface area (Å²) in [6.07, 6.45) is 3.19. The molecule has 1 aromatic carbocycles. The second-order valence-corrected chi connectivity index (χ2v) is 5.65. The topological polar surface area (TPSA) is 48.5 Å². The van der Waals surface area contributed by atoms with Crippen molar-refractivity contribution in [2.75, 3.05) is 5.88 Å². The van der Waals surface area contributed by atoms with Crippen molar-refractivity contribution in [2.24, 2.45) is 7.05 Å². The number of rotatable bonds is 5. The quantitative estimate of drug-likeness (QED) is 0.678. The highest BCUT2D eigenvalue weighted by Gasteiger charge is 2.11. The Morgan fingerprint density at radius 1 is 1.24 bits per heavy atom. The summed E-state index contributed by atoms with van der Waals surface area (Å²) in [5.74, 6) is 2.34. The standard InChI is InChI=1S/C14H15Cl2N5/c1-20-9-17-13(19-20)5-7-21-12-3-2-10(16)8-11(12)18-14(21)4-6-15/h2-3,8-9H,4-7H2,1H3. The Kier molecular flexibility index (Phi) is 4.12. The van der Waals surface area contributed by atoms with E-state index in [1.54, 1.807) is 11.0 Å². The molecule has 3 aromatic rings. The van der Waals surface area contributed by atoms with Crippen LogP contribution in [-0.2, 0) is 26.4 Å². The lowest BCUT2D eigenvalue weighted by Crippen LogP contribution is -2.08. The van der Waals surface area contributed by atoms with Crippen LogP contribution in [0.5, 0.6) is 0 Å². The zero-order valence-electron chi connectivity index (χ0n) is 11.6. The number of halogens is 2. The van der Waals surface area contributed by atoms with Gasteiger partial charge in [0, 0.05) is 37.3 Å². The predicted octanol–water partition coefficient (Wildman–Crippen LogP) is 2.84. The van der Waals surface area contributed by atoms with Gasteiger partial charge in [0.1, 0.15) is 12.2 Å². The maximum atomic E-state index is 6.03. The molecule has 3 rings (SSSR count). The van der Waals surface area contributed by atoms with Crippen LogP contribution >= 0.6 is 23.2 Å². The summed E-state index contributed by atoms with van der Waals surface area (Å²) in [6.45, 7) is 0.772. The minimum absolute atomic E-state index is 0.541. The molecule has 2 aromatic heterocycles. The van der Waals surface area contributed by atoms with E-state index in [9.17, 15) is 0 Å². The lowest BCUT2D eigenvalue weighted by Gasteiger charge is -2.07. The molecule has 2 heterocycles. The van der Waals surface area contributed by atoms with Crippen LogP contribution in [0.25, 0.3) is 11.0 Å². The molecule has 0 unspecified atom stereocenters. The zero-order chi connectivity index (χ0) is 14.8. The van der Waals surface area contributed by atoms with Crippen molar-refractivity contribution >= 4 is 34.2 Å². The first kappa shape index (κ1) is 14.4. The number of hydrogen-bond donors (Lipinski definition) is 0. The van der Waals surface area contributed by atoms with Gasteiger partial charge < -0.3 is 4.57 Å². The third-order valence-corrected chi connectivity index (χ3v) is 3.74. The maximum Gasteiger partial charge on any atom is 0.152 e. The van der Waals surface area contributed by atoms with Crippen molar-refractivity contribution in [1.82, 2.24) is 24.3 Å². The minimum atomic E-state index is 0.541. The summed E-state index contributed by atoms with van der Waals surface area (Å²) in [5, 5.41) is 5.00. The number of aryl methyl sites for hydroxylation is 4. The van der Waals surface area contributed by atoms with Gasteiger partial charge in [0.2, 0.25) is 0 Å². The summed E-state index contributed by atoms with van der Waals surface area (Å²) in [4.78, 5) is 8.88. The van der Waals surface area contributed by atoms with E-state index in [1.165, 1.54) is 0 Å². The zero-order valence-corrected chi connectivity index (χ0v) is 13.1. The largest absolute Gasteiger partial charge is 0.327 e. The highest BCUT2D eigenvalue weighted by molar-refractivity contribution is 6.31. The molecule has 0 aliphatic rings. The molecular weight excluding hydrogens is 309 g/mol. The molecular formula is C14H15Cl2N5.